The van der Waals surface area contributed by atoms with E-state index in [2.05, 4.69) is 31.1 Å². The van der Waals surface area contributed by atoms with Gasteiger partial charge in [0.05, 0.1) is 0 Å². The minimum Gasteiger partial charge on any atom is -0.308 e. The molecule has 0 saturated heterocycles. The first-order valence-electron chi connectivity index (χ1n) is 6.66. The number of rotatable bonds is 4. The smallest absolute Gasteiger partial charge is 0.159 e. The molecule has 1 N–H and O–H groups in total. The minimum atomic E-state index is -0.842. The van der Waals surface area contributed by atoms with Gasteiger partial charge in [-0.15, -0.1) is 0 Å². The van der Waals surface area contributed by atoms with Gasteiger partial charge in [-0.25, -0.2) is 13.8 Å². The van der Waals surface area contributed by atoms with Crippen molar-refractivity contribution in [2.45, 2.75) is 42.8 Å². The van der Waals surface area contributed by atoms with Crippen LogP contribution in [0, 0.1) is 11.6 Å². The van der Waals surface area contributed by atoms with Crippen molar-refractivity contribution in [2.75, 3.05) is 0 Å². The van der Waals surface area contributed by atoms with Gasteiger partial charge in [-0.3, -0.25) is 0 Å². The molecule has 0 unspecified atom stereocenters. The first-order chi connectivity index (χ1) is 9.83. The molecule has 21 heavy (non-hydrogen) atoms. The number of hydrogen-bond donors (Lipinski definition) is 1. The third kappa shape index (κ3) is 5.10. The van der Waals surface area contributed by atoms with E-state index in [0.29, 0.717) is 4.90 Å². The van der Waals surface area contributed by atoms with Crippen molar-refractivity contribution in [3.8, 4) is 0 Å². The highest BCUT2D eigenvalue weighted by Gasteiger charge is 2.09. The topological polar surface area (TPSA) is 24.9 Å². The Hall–Kier alpha value is -1.46. The molecule has 0 fully saturated rings. The molecule has 5 heteroatoms. The maximum absolute atomic E-state index is 13.1. The summed E-state index contributed by atoms with van der Waals surface area (Å²) in [6, 6.07) is 7.70. The third-order valence-corrected chi connectivity index (χ3v) is 3.67. The van der Waals surface area contributed by atoms with Crippen LogP contribution in [-0.4, -0.2) is 10.5 Å². The van der Waals surface area contributed by atoms with Gasteiger partial charge < -0.3 is 5.32 Å². The zero-order valence-electron chi connectivity index (χ0n) is 12.3. The average Bonchev–Trinajstić information content (AvgIpc) is 2.41. The molecule has 0 radical (unpaired) electrons. The van der Waals surface area contributed by atoms with Crippen LogP contribution in [0.4, 0.5) is 8.78 Å². The first kappa shape index (κ1) is 15.9. The lowest BCUT2D eigenvalue weighted by atomic mass is 10.1. The molecule has 0 atom stereocenters. The van der Waals surface area contributed by atoms with Crippen LogP contribution in [0.5, 0.6) is 0 Å². The van der Waals surface area contributed by atoms with Gasteiger partial charge >= 0.3 is 0 Å². The fourth-order valence-electron chi connectivity index (χ4n) is 1.60. The van der Waals surface area contributed by atoms with E-state index >= 15 is 0 Å². The Morgan fingerprint density at radius 2 is 1.86 bits per heavy atom. The summed E-state index contributed by atoms with van der Waals surface area (Å²) in [5, 5.41) is 4.13. The molecule has 2 rings (SSSR count). The van der Waals surface area contributed by atoms with Crippen LogP contribution in [0.3, 0.4) is 0 Å². The number of pyridine rings is 1. The number of hydrogen-bond acceptors (Lipinski definition) is 3. The molecule has 112 valence electrons. The van der Waals surface area contributed by atoms with E-state index in [9.17, 15) is 8.78 Å². The molecule has 0 bridgehead atoms. The Kier molecular flexibility index (Phi) is 4.96. The van der Waals surface area contributed by atoms with E-state index in [-0.39, 0.29) is 5.54 Å². The van der Waals surface area contributed by atoms with Crippen LogP contribution in [0.15, 0.2) is 46.5 Å². The van der Waals surface area contributed by atoms with Crippen molar-refractivity contribution in [3.05, 3.63) is 53.7 Å². The van der Waals surface area contributed by atoms with Crippen molar-refractivity contribution in [1.29, 1.82) is 0 Å². The van der Waals surface area contributed by atoms with E-state index in [0.717, 1.165) is 23.2 Å². The largest absolute Gasteiger partial charge is 0.308 e. The molecule has 2 nitrogen and oxygen atoms in total. The molecule has 1 heterocycles. The number of nitrogens with zero attached hydrogens (tertiary/aromatic N) is 1. The molecule has 1 aromatic carbocycles. The molecule has 0 saturated carbocycles. The standard InChI is InChI=1S/C16H18F2N2S/c1-16(2,3)20-10-11-4-7-15(19-9-11)21-12-5-6-13(17)14(18)8-12/h4-9,20H,10H2,1-3H3. The second-order valence-electron chi connectivity index (χ2n) is 5.79. The zero-order valence-corrected chi connectivity index (χ0v) is 13.1. The third-order valence-electron chi connectivity index (χ3n) is 2.73. The van der Waals surface area contributed by atoms with Crippen LogP contribution in [0.25, 0.3) is 0 Å². The number of aromatic nitrogens is 1. The highest BCUT2D eigenvalue weighted by molar-refractivity contribution is 7.99. The fourth-order valence-corrected chi connectivity index (χ4v) is 2.39. The molecular formula is C16H18F2N2S. The summed E-state index contributed by atoms with van der Waals surface area (Å²) in [7, 11) is 0. The van der Waals surface area contributed by atoms with Crippen molar-refractivity contribution < 1.29 is 8.78 Å². The maximum atomic E-state index is 13.1. The summed E-state index contributed by atoms with van der Waals surface area (Å²) < 4.78 is 26.0. The first-order valence-corrected chi connectivity index (χ1v) is 7.48. The molecule has 0 aliphatic rings. The second kappa shape index (κ2) is 6.54. The van der Waals surface area contributed by atoms with Gasteiger partial charge in [0.2, 0.25) is 0 Å². The second-order valence-corrected chi connectivity index (χ2v) is 6.88. The summed E-state index contributed by atoms with van der Waals surface area (Å²) >= 11 is 1.30. The normalized spacial score (nSPS) is 11.7. The summed E-state index contributed by atoms with van der Waals surface area (Å²) in [5.41, 5.74) is 1.14. The minimum absolute atomic E-state index is 0.0546. The van der Waals surface area contributed by atoms with Gasteiger partial charge in [0.15, 0.2) is 11.6 Å². The quantitative estimate of drug-likeness (QED) is 0.906. The van der Waals surface area contributed by atoms with Gasteiger partial charge in [-0.05, 0) is 50.6 Å². The predicted molar refractivity (Wildman–Crippen MR) is 81.3 cm³/mol. The Morgan fingerprint density at radius 1 is 1.10 bits per heavy atom. The Morgan fingerprint density at radius 3 is 2.43 bits per heavy atom. The lowest BCUT2D eigenvalue weighted by Gasteiger charge is -2.20. The zero-order chi connectivity index (χ0) is 15.5. The van der Waals surface area contributed by atoms with Crippen LogP contribution in [-0.2, 0) is 6.54 Å². The summed E-state index contributed by atoms with van der Waals surface area (Å²) in [5.74, 6) is -1.68. The van der Waals surface area contributed by atoms with E-state index in [1.807, 2.05) is 12.1 Å². The predicted octanol–water partition coefficient (Wildman–Crippen LogP) is 4.40. The number of benzene rings is 1. The fraction of sp³-hybridized carbons (Fsp3) is 0.312. The van der Waals surface area contributed by atoms with E-state index in [1.165, 1.54) is 17.8 Å². The average molecular weight is 308 g/mol. The Labute approximate surface area is 128 Å². The van der Waals surface area contributed by atoms with Crippen LogP contribution >= 0.6 is 11.8 Å². The molecule has 0 spiro atoms. The Bertz CT molecular complexity index is 607. The van der Waals surface area contributed by atoms with Crippen LogP contribution < -0.4 is 5.32 Å². The van der Waals surface area contributed by atoms with E-state index < -0.39 is 11.6 Å². The van der Waals surface area contributed by atoms with Gasteiger partial charge in [-0.2, -0.15) is 0 Å². The summed E-state index contributed by atoms with van der Waals surface area (Å²) in [4.78, 5) is 4.96. The lowest BCUT2D eigenvalue weighted by Crippen LogP contribution is -2.35. The molecular weight excluding hydrogens is 290 g/mol. The SMILES string of the molecule is CC(C)(C)NCc1ccc(Sc2ccc(F)c(F)c2)nc1. The highest BCUT2D eigenvalue weighted by Crippen LogP contribution is 2.27. The molecule has 0 amide bonds. The van der Waals surface area contributed by atoms with E-state index in [1.54, 1.807) is 12.3 Å². The van der Waals surface area contributed by atoms with Gasteiger partial charge in [-0.1, -0.05) is 17.8 Å². The van der Waals surface area contributed by atoms with Gasteiger partial charge in [0.1, 0.15) is 5.03 Å². The van der Waals surface area contributed by atoms with Gasteiger partial charge in [0, 0.05) is 23.2 Å². The summed E-state index contributed by atoms with van der Waals surface area (Å²) in [6.07, 6.45) is 1.79. The maximum Gasteiger partial charge on any atom is 0.159 e. The monoisotopic (exact) mass is 308 g/mol. The van der Waals surface area contributed by atoms with Gasteiger partial charge in [0.25, 0.3) is 0 Å². The van der Waals surface area contributed by atoms with Crippen molar-refractivity contribution in [3.63, 3.8) is 0 Å². The number of halogens is 2. The summed E-state index contributed by atoms with van der Waals surface area (Å²) in [6.45, 7) is 7.06. The van der Waals surface area contributed by atoms with Crippen molar-refractivity contribution in [2.24, 2.45) is 0 Å². The Balaban J connectivity index is 2.00. The van der Waals surface area contributed by atoms with E-state index in [4.69, 9.17) is 0 Å². The van der Waals surface area contributed by atoms with Crippen LogP contribution in [0.1, 0.15) is 26.3 Å². The van der Waals surface area contributed by atoms with Crippen LogP contribution in [0.2, 0.25) is 0 Å². The molecule has 0 aliphatic carbocycles. The van der Waals surface area contributed by atoms with Crippen molar-refractivity contribution in [1.82, 2.24) is 10.3 Å². The lowest BCUT2D eigenvalue weighted by molar-refractivity contribution is 0.424. The molecule has 2 aromatic rings. The number of nitrogens with one attached hydrogen (secondary N) is 1. The highest BCUT2D eigenvalue weighted by atomic mass is 32.2. The van der Waals surface area contributed by atoms with Crippen molar-refractivity contribution >= 4 is 11.8 Å². The molecule has 0 aliphatic heterocycles. The molecule has 1 aromatic heterocycles.